The Bertz CT molecular complexity index is 667. The van der Waals surface area contributed by atoms with Crippen LogP contribution in [0.1, 0.15) is 33.3 Å². The van der Waals surface area contributed by atoms with Crippen molar-refractivity contribution in [1.29, 1.82) is 0 Å². The van der Waals surface area contributed by atoms with Gasteiger partial charge in [-0.15, -0.1) is 11.3 Å². The summed E-state index contributed by atoms with van der Waals surface area (Å²) in [6, 6.07) is 8.38. The first-order valence-electron chi connectivity index (χ1n) is 6.72. The topological polar surface area (TPSA) is 75.6 Å². The van der Waals surface area contributed by atoms with Crippen LogP contribution < -0.4 is 10.1 Å². The average Bonchev–Trinajstić information content (AvgIpc) is 3.00. The summed E-state index contributed by atoms with van der Waals surface area (Å²) in [4.78, 5) is 24.3. The zero-order chi connectivity index (χ0) is 16.1. The third kappa shape index (κ3) is 3.85. The molecule has 2 aromatic rings. The lowest BCUT2D eigenvalue weighted by molar-refractivity contribution is -0.137. The van der Waals surface area contributed by atoms with Crippen LogP contribution in [0.3, 0.4) is 0 Å². The Morgan fingerprint density at radius 3 is 2.73 bits per heavy atom. The number of hydrogen-bond donors (Lipinski definition) is 2. The van der Waals surface area contributed by atoms with Crippen molar-refractivity contribution >= 4 is 23.2 Å². The second kappa shape index (κ2) is 7.09. The van der Waals surface area contributed by atoms with Gasteiger partial charge in [-0.2, -0.15) is 0 Å². The lowest BCUT2D eigenvalue weighted by atomic mass is 10.1. The first kappa shape index (κ1) is 16.0. The molecule has 0 aliphatic carbocycles. The standard InChI is InChI=1S/C16H17NO4S/c1-10-5-6-13(21-2)11(8-10)16(20)17-12(9-15(18)19)14-4-3-7-22-14/h3-8,12H,9H2,1-2H3,(H,17,20)(H,18,19)/t12-/m1/s1. The largest absolute Gasteiger partial charge is 0.496 e. The highest BCUT2D eigenvalue weighted by atomic mass is 32.1. The van der Waals surface area contributed by atoms with Crippen LogP contribution in [-0.4, -0.2) is 24.1 Å². The van der Waals surface area contributed by atoms with E-state index in [0.29, 0.717) is 11.3 Å². The van der Waals surface area contributed by atoms with Crippen LogP contribution in [0.15, 0.2) is 35.7 Å². The first-order valence-corrected chi connectivity index (χ1v) is 7.60. The Balaban J connectivity index is 2.24. The number of nitrogens with one attached hydrogen (secondary N) is 1. The van der Waals surface area contributed by atoms with E-state index in [-0.39, 0.29) is 12.3 Å². The van der Waals surface area contributed by atoms with Gasteiger partial charge >= 0.3 is 5.97 Å². The molecule has 1 atom stereocenters. The van der Waals surface area contributed by atoms with E-state index in [0.717, 1.165) is 10.4 Å². The summed E-state index contributed by atoms with van der Waals surface area (Å²) in [6.07, 6.45) is -0.166. The maximum absolute atomic E-state index is 12.5. The van der Waals surface area contributed by atoms with Crippen molar-refractivity contribution in [2.45, 2.75) is 19.4 Å². The number of rotatable bonds is 6. The molecule has 2 N–H and O–H groups in total. The second-order valence-corrected chi connectivity index (χ2v) is 5.82. The number of carbonyl (C=O) groups is 2. The van der Waals surface area contributed by atoms with Crippen LogP contribution in [0, 0.1) is 6.92 Å². The Kier molecular flexibility index (Phi) is 5.16. The zero-order valence-electron chi connectivity index (χ0n) is 12.3. The number of benzene rings is 1. The Hall–Kier alpha value is -2.34. The molecule has 0 unspecified atom stereocenters. The van der Waals surface area contributed by atoms with Crippen LogP contribution in [0.2, 0.25) is 0 Å². The minimum Gasteiger partial charge on any atom is -0.496 e. The van der Waals surface area contributed by atoms with E-state index < -0.39 is 12.0 Å². The van der Waals surface area contributed by atoms with Crippen LogP contribution in [-0.2, 0) is 4.79 Å². The molecule has 5 nitrogen and oxygen atoms in total. The fourth-order valence-corrected chi connectivity index (χ4v) is 2.90. The molecule has 116 valence electrons. The number of methoxy groups -OCH3 is 1. The molecular weight excluding hydrogens is 302 g/mol. The van der Waals surface area contributed by atoms with Crippen LogP contribution in [0.5, 0.6) is 5.75 Å². The summed E-state index contributed by atoms with van der Waals surface area (Å²) < 4.78 is 5.20. The van der Waals surface area contributed by atoms with Crippen molar-refractivity contribution in [2.24, 2.45) is 0 Å². The summed E-state index contributed by atoms with van der Waals surface area (Å²) in [5.74, 6) is -0.849. The predicted molar refractivity (Wildman–Crippen MR) is 84.5 cm³/mol. The van der Waals surface area contributed by atoms with Crippen LogP contribution in [0.4, 0.5) is 0 Å². The van der Waals surface area contributed by atoms with E-state index in [1.807, 2.05) is 30.5 Å². The molecule has 0 aliphatic heterocycles. The minimum absolute atomic E-state index is 0.166. The molecule has 1 aromatic heterocycles. The molecule has 1 heterocycles. The summed E-state index contributed by atoms with van der Waals surface area (Å²) in [5, 5.41) is 13.7. The molecule has 0 saturated carbocycles. The SMILES string of the molecule is COc1ccc(C)cc1C(=O)N[C@H](CC(=O)O)c1cccs1. The number of carboxylic acid groups (broad SMARTS) is 1. The molecule has 1 aromatic carbocycles. The fourth-order valence-electron chi connectivity index (χ4n) is 2.12. The van der Waals surface area contributed by atoms with Gasteiger partial charge in [-0.1, -0.05) is 17.7 Å². The van der Waals surface area contributed by atoms with Crippen molar-refractivity contribution in [3.05, 3.63) is 51.7 Å². The molecule has 0 bridgehead atoms. The number of amides is 1. The van der Waals surface area contributed by atoms with Gasteiger partial charge in [-0.3, -0.25) is 9.59 Å². The Labute approximate surface area is 132 Å². The van der Waals surface area contributed by atoms with Gasteiger partial charge in [0, 0.05) is 4.88 Å². The van der Waals surface area contributed by atoms with E-state index >= 15 is 0 Å². The molecule has 0 fully saturated rings. The highest BCUT2D eigenvalue weighted by Crippen LogP contribution is 2.25. The Morgan fingerprint density at radius 1 is 1.36 bits per heavy atom. The lowest BCUT2D eigenvalue weighted by Gasteiger charge is -2.17. The third-order valence-corrected chi connectivity index (χ3v) is 4.16. The smallest absolute Gasteiger partial charge is 0.305 e. The first-order chi connectivity index (χ1) is 10.5. The van der Waals surface area contributed by atoms with E-state index in [4.69, 9.17) is 9.84 Å². The number of ether oxygens (including phenoxy) is 1. The van der Waals surface area contributed by atoms with Gasteiger partial charge in [0.2, 0.25) is 0 Å². The molecule has 0 spiro atoms. The number of aliphatic carboxylic acids is 1. The van der Waals surface area contributed by atoms with Gasteiger partial charge in [0.05, 0.1) is 25.1 Å². The van der Waals surface area contributed by atoms with E-state index in [1.54, 1.807) is 12.1 Å². The highest BCUT2D eigenvalue weighted by molar-refractivity contribution is 7.10. The molecule has 22 heavy (non-hydrogen) atoms. The van der Waals surface area contributed by atoms with Gasteiger partial charge < -0.3 is 15.2 Å². The number of carboxylic acids is 1. The predicted octanol–water partition coefficient (Wildman–Crippen LogP) is 3.01. The van der Waals surface area contributed by atoms with E-state index in [1.165, 1.54) is 18.4 Å². The van der Waals surface area contributed by atoms with Crippen molar-refractivity contribution in [1.82, 2.24) is 5.32 Å². The maximum atomic E-state index is 12.5. The van der Waals surface area contributed by atoms with Crippen molar-refractivity contribution in [2.75, 3.05) is 7.11 Å². The monoisotopic (exact) mass is 319 g/mol. The van der Waals surface area contributed by atoms with Crippen molar-refractivity contribution < 1.29 is 19.4 Å². The van der Waals surface area contributed by atoms with Gasteiger partial charge in [0.15, 0.2) is 0 Å². The van der Waals surface area contributed by atoms with Gasteiger partial charge in [0.1, 0.15) is 5.75 Å². The number of thiophene rings is 1. The average molecular weight is 319 g/mol. The summed E-state index contributed by atoms with van der Waals surface area (Å²) >= 11 is 1.41. The van der Waals surface area contributed by atoms with Crippen LogP contribution in [0.25, 0.3) is 0 Å². The number of aryl methyl sites for hydroxylation is 1. The molecular formula is C16H17NO4S. The highest BCUT2D eigenvalue weighted by Gasteiger charge is 2.21. The fraction of sp³-hybridized carbons (Fsp3) is 0.250. The van der Waals surface area contributed by atoms with E-state index in [9.17, 15) is 9.59 Å². The van der Waals surface area contributed by atoms with Crippen molar-refractivity contribution in [3.8, 4) is 5.75 Å². The molecule has 0 saturated heterocycles. The van der Waals surface area contributed by atoms with Crippen molar-refractivity contribution in [3.63, 3.8) is 0 Å². The van der Waals surface area contributed by atoms with Gasteiger partial charge in [-0.25, -0.2) is 0 Å². The molecule has 0 radical (unpaired) electrons. The molecule has 2 rings (SSSR count). The zero-order valence-corrected chi connectivity index (χ0v) is 13.1. The minimum atomic E-state index is -0.963. The normalized spacial score (nSPS) is 11.7. The van der Waals surface area contributed by atoms with Gasteiger partial charge in [-0.05, 0) is 30.5 Å². The second-order valence-electron chi connectivity index (χ2n) is 4.84. The third-order valence-electron chi connectivity index (χ3n) is 3.17. The quantitative estimate of drug-likeness (QED) is 0.858. The van der Waals surface area contributed by atoms with Gasteiger partial charge in [0.25, 0.3) is 5.91 Å². The molecule has 0 aliphatic rings. The summed E-state index contributed by atoms with van der Waals surface area (Å²) in [6.45, 7) is 1.88. The molecule has 6 heteroatoms. The maximum Gasteiger partial charge on any atom is 0.305 e. The summed E-state index contributed by atoms with van der Waals surface area (Å²) in [5.41, 5.74) is 1.33. The number of hydrogen-bond acceptors (Lipinski definition) is 4. The van der Waals surface area contributed by atoms with Crippen LogP contribution >= 0.6 is 11.3 Å². The lowest BCUT2D eigenvalue weighted by Crippen LogP contribution is -2.30. The summed E-state index contributed by atoms with van der Waals surface area (Å²) in [7, 11) is 1.50. The number of carbonyl (C=O) groups excluding carboxylic acids is 1. The molecule has 1 amide bonds. The Morgan fingerprint density at radius 2 is 2.14 bits per heavy atom. The van der Waals surface area contributed by atoms with E-state index in [2.05, 4.69) is 5.32 Å².